The van der Waals surface area contributed by atoms with Gasteiger partial charge in [0.25, 0.3) is 5.91 Å². The lowest BCUT2D eigenvalue weighted by Crippen LogP contribution is -2.46. The number of anilines is 1. The minimum absolute atomic E-state index is 0.0288. The Morgan fingerprint density at radius 3 is 2.45 bits per heavy atom. The van der Waals surface area contributed by atoms with Gasteiger partial charge in [0.1, 0.15) is 11.8 Å². The summed E-state index contributed by atoms with van der Waals surface area (Å²) in [6.45, 7) is 2.38. The number of nitrogens with zero attached hydrogens (tertiary/aromatic N) is 2. The molecule has 196 valence electrons. The Morgan fingerprint density at radius 1 is 1.03 bits per heavy atom. The Hall–Kier alpha value is -3.47. The SMILES string of the molecule is CCOc1ccc(N2C(=O)CC(N(CCc3c[nH]c4ccccc34)S(=O)(=O)c3ccc(Br)cc3)C2=O)cc1. The van der Waals surface area contributed by atoms with Crippen molar-refractivity contribution in [1.29, 1.82) is 0 Å². The van der Waals surface area contributed by atoms with Gasteiger partial charge >= 0.3 is 0 Å². The van der Waals surface area contributed by atoms with E-state index in [9.17, 15) is 18.0 Å². The third kappa shape index (κ3) is 4.99. The number of imide groups is 1. The van der Waals surface area contributed by atoms with Crippen LogP contribution in [0.25, 0.3) is 10.9 Å². The van der Waals surface area contributed by atoms with Crippen molar-refractivity contribution >= 4 is 54.4 Å². The number of aromatic amines is 1. The van der Waals surface area contributed by atoms with Gasteiger partial charge in [-0.2, -0.15) is 4.31 Å². The average molecular weight is 597 g/mol. The highest BCUT2D eigenvalue weighted by Crippen LogP contribution is 2.31. The van der Waals surface area contributed by atoms with Gasteiger partial charge in [-0.1, -0.05) is 34.1 Å². The third-order valence-electron chi connectivity index (χ3n) is 6.57. The first-order valence-corrected chi connectivity index (χ1v) is 14.4. The summed E-state index contributed by atoms with van der Waals surface area (Å²) in [5.41, 5.74) is 2.25. The lowest BCUT2D eigenvalue weighted by molar-refractivity contribution is -0.122. The Labute approximate surface area is 229 Å². The van der Waals surface area contributed by atoms with Crippen LogP contribution in [-0.4, -0.2) is 48.7 Å². The molecule has 1 aromatic heterocycles. The Bertz CT molecular complexity index is 1580. The minimum atomic E-state index is -4.10. The number of ether oxygens (including phenoxy) is 1. The fourth-order valence-corrected chi connectivity index (χ4v) is 6.57. The number of aromatic nitrogens is 1. The van der Waals surface area contributed by atoms with Crippen LogP contribution in [0.2, 0.25) is 0 Å². The van der Waals surface area contributed by atoms with Crippen molar-refractivity contribution in [3.63, 3.8) is 0 Å². The van der Waals surface area contributed by atoms with Crippen LogP contribution in [0.5, 0.6) is 5.75 Å². The van der Waals surface area contributed by atoms with Crippen LogP contribution in [0, 0.1) is 0 Å². The summed E-state index contributed by atoms with van der Waals surface area (Å²) in [7, 11) is -4.10. The number of hydrogen-bond acceptors (Lipinski definition) is 5. The molecule has 0 saturated carbocycles. The third-order valence-corrected chi connectivity index (χ3v) is 9.02. The molecule has 10 heteroatoms. The Balaban J connectivity index is 1.48. The van der Waals surface area contributed by atoms with Gasteiger partial charge in [0.2, 0.25) is 15.9 Å². The second kappa shape index (κ2) is 10.7. The summed E-state index contributed by atoms with van der Waals surface area (Å²) in [6.07, 6.45) is 1.97. The summed E-state index contributed by atoms with van der Waals surface area (Å²) >= 11 is 3.34. The number of para-hydroxylation sites is 1. The zero-order valence-corrected chi connectivity index (χ0v) is 23.0. The monoisotopic (exact) mass is 595 g/mol. The Kier molecular flexibility index (Phi) is 7.38. The number of sulfonamides is 1. The minimum Gasteiger partial charge on any atom is -0.494 e. The number of H-pyrrole nitrogens is 1. The largest absolute Gasteiger partial charge is 0.494 e. The fraction of sp³-hybridized carbons (Fsp3) is 0.214. The van der Waals surface area contributed by atoms with Crippen LogP contribution in [0.1, 0.15) is 18.9 Å². The lowest BCUT2D eigenvalue weighted by Gasteiger charge is -2.27. The summed E-state index contributed by atoms with van der Waals surface area (Å²) in [5.74, 6) is -0.406. The van der Waals surface area contributed by atoms with Gasteiger partial charge in [0, 0.05) is 28.1 Å². The highest BCUT2D eigenvalue weighted by molar-refractivity contribution is 9.10. The van der Waals surface area contributed by atoms with Gasteiger partial charge in [-0.3, -0.25) is 9.59 Å². The summed E-state index contributed by atoms with van der Waals surface area (Å²) in [4.78, 5) is 31.0. The van der Waals surface area contributed by atoms with E-state index in [0.717, 1.165) is 25.8 Å². The van der Waals surface area contributed by atoms with E-state index in [0.29, 0.717) is 24.5 Å². The summed E-state index contributed by atoms with van der Waals surface area (Å²) < 4.78 is 35.1. The maximum atomic E-state index is 13.9. The topological polar surface area (TPSA) is 99.8 Å². The van der Waals surface area contributed by atoms with Gasteiger partial charge in [0.15, 0.2) is 0 Å². The molecule has 1 atom stereocenters. The molecule has 2 heterocycles. The number of halogens is 1. The van der Waals surface area contributed by atoms with Crippen LogP contribution in [0.15, 0.2) is 88.4 Å². The van der Waals surface area contributed by atoms with E-state index in [4.69, 9.17) is 4.74 Å². The van der Waals surface area contributed by atoms with Crippen molar-refractivity contribution in [2.45, 2.75) is 30.7 Å². The number of benzene rings is 3. The molecule has 0 radical (unpaired) electrons. The summed E-state index contributed by atoms with van der Waals surface area (Å²) in [6, 6.07) is 19.5. The second-order valence-corrected chi connectivity index (χ2v) is 11.7. The molecular formula is C28H26BrN3O5S. The predicted octanol–water partition coefficient (Wildman–Crippen LogP) is 4.89. The number of carbonyl (C=O) groups is 2. The number of carbonyl (C=O) groups excluding carboxylic acids is 2. The predicted molar refractivity (Wildman–Crippen MR) is 149 cm³/mol. The number of hydrogen-bond donors (Lipinski definition) is 1. The average Bonchev–Trinajstić information content (AvgIpc) is 3.45. The van der Waals surface area contributed by atoms with Crippen LogP contribution in [0.3, 0.4) is 0 Å². The molecule has 3 aromatic carbocycles. The van der Waals surface area contributed by atoms with E-state index >= 15 is 0 Å². The van der Waals surface area contributed by atoms with Gasteiger partial charge < -0.3 is 9.72 Å². The van der Waals surface area contributed by atoms with Crippen molar-refractivity contribution in [3.8, 4) is 5.75 Å². The number of fused-ring (bicyclic) bond motifs is 1. The van der Waals surface area contributed by atoms with Gasteiger partial charge in [0.05, 0.1) is 23.6 Å². The van der Waals surface area contributed by atoms with Crippen LogP contribution >= 0.6 is 15.9 Å². The maximum Gasteiger partial charge on any atom is 0.252 e. The first kappa shape index (κ1) is 26.1. The zero-order valence-electron chi connectivity index (χ0n) is 20.6. The standard InChI is InChI=1S/C28H26BrN3O5S/c1-2-37-22-11-9-21(10-12-22)32-27(33)17-26(28(32)34)31(38(35,36)23-13-7-20(29)8-14-23)16-15-19-18-30-25-6-4-3-5-24(19)25/h3-14,18,26,30H,2,15-17H2,1H3. The quantitative estimate of drug-likeness (QED) is 0.278. The van der Waals surface area contributed by atoms with E-state index in [2.05, 4.69) is 20.9 Å². The molecule has 38 heavy (non-hydrogen) atoms. The molecule has 2 amide bonds. The molecule has 1 unspecified atom stereocenters. The highest BCUT2D eigenvalue weighted by Gasteiger charge is 2.46. The molecular weight excluding hydrogens is 570 g/mol. The number of rotatable bonds is 9. The number of amides is 2. The van der Waals surface area contributed by atoms with Crippen molar-refractivity contribution in [2.75, 3.05) is 18.1 Å². The Morgan fingerprint density at radius 2 is 1.74 bits per heavy atom. The van der Waals surface area contributed by atoms with E-state index in [1.807, 2.05) is 37.4 Å². The molecule has 5 rings (SSSR count). The molecule has 1 fully saturated rings. The molecule has 1 N–H and O–H groups in total. The maximum absolute atomic E-state index is 13.9. The second-order valence-electron chi connectivity index (χ2n) is 8.89. The molecule has 0 spiro atoms. The molecule has 8 nitrogen and oxygen atoms in total. The number of nitrogens with one attached hydrogen (secondary N) is 1. The van der Waals surface area contributed by atoms with Crippen molar-refractivity contribution in [1.82, 2.24) is 9.29 Å². The van der Waals surface area contributed by atoms with Gasteiger partial charge in [-0.15, -0.1) is 0 Å². The zero-order chi connectivity index (χ0) is 26.9. The van der Waals surface area contributed by atoms with Gasteiger partial charge in [-0.05, 0) is 73.5 Å². The van der Waals surface area contributed by atoms with E-state index in [-0.39, 0.29) is 17.9 Å². The first-order valence-electron chi connectivity index (χ1n) is 12.2. The first-order chi connectivity index (χ1) is 18.3. The molecule has 4 aromatic rings. The molecule has 1 aliphatic rings. The van der Waals surface area contributed by atoms with Gasteiger partial charge in [-0.25, -0.2) is 13.3 Å². The molecule has 0 aliphatic carbocycles. The fourth-order valence-electron chi connectivity index (χ4n) is 4.72. The molecule has 1 aliphatic heterocycles. The van der Waals surface area contributed by atoms with E-state index in [1.165, 1.54) is 16.4 Å². The summed E-state index contributed by atoms with van der Waals surface area (Å²) in [5, 5.41) is 0.985. The van der Waals surface area contributed by atoms with Crippen LogP contribution < -0.4 is 9.64 Å². The molecule has 0 bridgehead atoms. The highest BCUT2D eigenvalue weighted by atomic mass is 79.9. The molecule has 1 saturated heterocycles. The van der Waals surface area contributed by atoms with Crippen molar-refractivity contribution < 1.29 is 22.7 Å². The van der Waals surface area contributed by atoms with Crippen molar-refractivity contribution in [2.24, 2.45) is 0 Å². The van der Waals surface area contributed by atoms with Crippen LogP contribution in [-0.2, 0) is 26.0 Å². The smallest absolute Gasteiger partial charge is 0.252 e. The van der Waals surface area contributed by atoms with Crippen LogP contribution in [0.4, 0.5) is 5.69 Å². The van der Waals surface area contributed by atoms with E-state index < -0.39 is 27.9 Å². The van der Waals surface area contributed by atoms with Crippen molar-refractivity contribution in [3.05, 3.63) is 89.0 Å². The van der Waals surface area contributed by atoms with E-state index in [1.54, 1.807) is 36.4 Å². The normalized spacial score (nSPS) is 16.1. The lowest BCUT2D eigenvalue weighted by atomic mass is 10.1.